The quantitative estimate of drug-likeness (QED) is 0.645. The molecule has 3 aromatic rings. The van der Waals surface area contributed by atoms with Crippen molar-refractivity contribution in [3.8, 4) is 11.5 Å². The molecule has 148 valence electrons. The Morgan fingerprint density at radius 2 is 1.66 bits per heavy atom. The van der Waals surface area contributed by atoms with Gasteiger partial charge in [-0.2, -0.15) is 0 Å². The maximum Gasteiger partial charge on any atom is 0.255 e. The minimum Gasteiger partial charge on any atom is -0.497 e. The number of anilines is 1. The highest BCUT2D eigenvalue weighted by atomic mass is 16.5. The Labute approximate surface area is 168 Å². The third-order valence-electron chi connectivity index (χ3n) is 4.24. The van der Waals surface area contributed by atoms with Gasteiger partial charge in [-0.25, -0.2) is 0 Å². The second kappa shape index (κ2) is 9.36. The van der Waals surface area contributed by atoms with Gasteiger partial charge < -0.3 is 20.1 Å². The fraction of sp³-hybridized carbons (Fsp3) is 0.136. The summed E-state index contributed by atoms with van der Waals surface area (Å²) in [4.78, 5) is 28.9. The van der Waals surface area contributed by atoms with Crippen LogP contribution in [0.2, 0.25) is 0 Å². The van der Waals surface area contributed by atoms with Crippen molar-refractivity contribution in [3.63, 3.8) is 0 Å². The lowest BCUT2D eigenvalue weighted by Gasteiger charge is -2.12. The number of hydrogen-bond acceptors (Lipinski definition) is 5. The Morgan fingerprint density at radius 3 is 2.28 bits per heavy atom. The van der Waals surface area contributed by atoms with E-state index in [-0.39, 0.29) is 11.8 Å². The van der Waals surface area contributed by atoms with Crippen LogP contribution in [-0.2, 0) is 6.54 Å². The second-order valence-electron chi connectivity index (χ2n) is 6.14. The van der Waals surface area contributed by atoms with Gasteiger partial charge in [-0.15, -0.1) is 0 Å². The van der Waals surface area contributed by atoms with Crippen LogP contribution in [-0.4, -0.2) is 31.0 Å². The average Bonchev–Trinajstić information content (AvgIpc) is 2.78. The van der Waals surface area contributed by atoms with E-state index in [1.165, 1.54) is 7.11 Å². The lowest BCUT2D eigenvalue weighted by Crippen LogP contribution is -2.23. The molecule has 0 aliphatic heterocycles. The Hall–Kier alpha value is -3.87. The minimum absolute atomic E-state index is 0.227. The molecule has 1 heterocycles. The lowest BCUT2D eigenvalue weighted by molar-refractivity contribution is 0.0949. The maximum absolute atomic E-state index is 12.6. The van der Waals surface area contributed by atoms with Crippen LogP contribution in [0.15, 0.2) is 67.0 Å². The van der Waals surface area contributed by atoms with E-state index in [4.69, 9.17) is 9.47 Å². The first-order chi connectivity index (χ1) is 14.1. The average molecular weight is 391 g/mol. The number of methoxy groups -OCH3 is 2. The predicted molar refractivity (Wildman–Crippen MR) is 109 cm³/mol. The van der Waals surface area contributed by atoms with Crippen LogP contribution in [0.3, 0.4) is 0 Å². The minimum atomic E-state index is -0.320. The van der Waals surface area contributed by atoms with Gasteiger partial charge >= 0.3 is 0 Å². The highest BCUT2D eigenvalue weighted by molar-refractivity contribution is 6.05. The summed E-state index contributed by atoms with van der Waals surface area (Å²) in [6.45, 7) is 0.380. The monoisotopic (exact) mass is 391 g/mol. The number of rotatable bonds is 7. The number of pyridine rings is 1. The molecule has 0 bridgehead atoms. The van der Waals surface area contributed by atoms with Gasteiger partial charge in [0.25, 0.3) is 11.8 Å². The van der Waals surface area contributed by atoms with Gasteiger partial charge in [0.05, 0.1) is 19.9 Å². The Morgan fingerprint density at radius 1 is 0.931 bits per heavy atom. The van der Waals surface area contributed by atoms with Crippen LogP contribution in [0, 0.1) is 0 Å². The molecular formula is C22H21N3O4. The number of aromatic nitrogens is 1. The molecule has 2 amide bonds. The number of benzene rings is 2. The highest BCUT2D eigenvalue weighted by Crippen LogP contribution is 2.29. The van der Waals surface area contributed by atoms with Crippen LogP contribution < -0.4 is 20.1 Å². The molecule has 7 heteroatoms. The number of ether oxygens (including phenoxy) is 2. The summed E-state index contributed by atoms with van der Waals surface area (Å²) in [6, 6.07) is 15.2. The molecule has 0 spiro atoms. The molecule has 0 unspecified atom stereocenters. The molecule has 3 rings (SSSR count). The Balaban J connectivity index is 1.65. The van der Waals surface area contributed by atoms with Crippen molar-refractivity contribution in [1.82, 2.24) is 10.3 Å². The zero-order valence-electron chi connectivity index (χ0n) is 16.1. The number of nitrogens with one attached hydrogen (secondary N) is 2. The summed E-state index contributed by atoms with van der Waals surface area (Å²) in [5, 5.41) is 5.62. The van der Waals surface area contributed by atoms with E-state index in [2.05, 4.69) is 15.6 Å². The van der Waals surface area contributed by atoms with Gasteiger partial charge in [-0.3, -0.25) is 14.6 Å². The van der Waals surface area contributed by atoms with Crippen molar-refractivity contribution >= 4 is 17.5 Å². The van der Waals surface area contributed by atoms with Gasteiger partial charge in [-0.1, -0.05) is 6.07 Å². The van der Waals surface area contributed by atoms with Crippen molar-refractivity contribution in [1.29, 1.82) is 0 Å². The number of hydrogen-bond donors (Lipinski definition) is 2. The first-order valence-corrected chi connectivity index (χ1v) is 8.91. The van der Waals surface area contributed by atoms with E-state index in [9.17, 15) is 9.59 Å². The first-order valence-electron chi connectivity index (χ1n) is 8.91. The molecule has 0 radical (unpaired) electrons. The molecule has 0 aliphatic carbocycles. The molecule has 0 saturated heterocycles. The third-order valence-corrected chi connectivity index (χ3v) is 4.24. The van der Waals surface area contributed by atoms with Gasteiger partial charge in [0.2, 0.25) is 0 Å². The smallest absolute Gasteiger partial charge is 0.255 e. The van der Waals surface area contributed by atoms with E-state index in [1.807, 2.05) is 12.1 Å². The fourth-order valence-electron chi connectivity index (χ4n) is 2.67. The van der Waals surface area contributed by atoms with Gasteiger partial charge in [0, 0.05) is 36.1 Å². The van der Waals surface area contributed by atoms with Crippen molar-refractivity contribution < 1.29 is 19.1 Å². The van der Waals surface area contributed by atoms with Crippen molar-refractivity contribution in [2.75, 3.05) is 19.5 Å². The Kier molecular flexibility index (Phi) is 6.42. The lowest BCUT2D eigenvalue weighted by atomic mass is 10.1. The molecular weight excluding hydrogens is 370 g/mol. The standard InChI is InChI=1S/C22H21N3O4/c1-28-18-9-10-20(29-2)19(12-18)25-22(27)17-7-5-16(6-8-17)21(26)24-14-15-4-3-11-23-13-15/h3-13H,14H2,1-2H3,(H,24,26)(H,25,27). The van der Waals surface area contributed by atoms with E-state index in [1.54, 1.807) is 62.0 Å². The van der Waals surface area contributed by atoms with E-state index < -0.39 is 0 Å². The molecule has 7 nitrogen and oxygen atoms in total. The second-order valence-corrected chi connectivity index (χ2v) is 6.14. The Bertz CT molecular complexity index is 989. The zero-order chi connectivity index (χ0) is 20.6. The van der Waals surface area contributed by atoms with Gasteiger partial charge in [0.1, 0.15) is 11.5 Å². The molecule has 0 aliphatic rings. The van der Waals surface area contributed by atoms with Crippen molar-refractivity contribution in [2.45, 2.75) is 6.54 Å². The molecule has 2 aromatic carbocycles. The molecule has 0 saturated carbocycles. The summed E-state index contributed by atoms with van der Waals surface area (Å²) in [7, 11) is 3.07. The maximum atomic E-state index is 12.6. The summed E-state index contributed by atoms with van der Waals surface area (Å²) in [6.07, 6.45) is 3.37. The highest BCUT2D eigenvalue weighted by Gasteiger charge is 2.12. The van der Waals surface area contributed by atoms with Crippen LogP contribution >= 0.6 is 0 Å². The summed E-state index contributed by atoms with van der Waals surface area (Å²) in [5.41, 5.74) is 2.28. The summed E-state index contributed by atoms with van der Waals surface area (Å²) >= 11 is 0. The van der Waals surface area contributed by atoms with Crippen LogP contribution in [0.25, 0.3) is 0 Å². The predicted octanol–water partition coefficient (Wildman–Crippen LogP) is 3.28. The molecule has 1 aromatic heterocycles. The van der Waals surface area contributed by atoms with E-state index in [0.717, 1.165) is 5.56 Å². The topological polar surface area (TPSA) is 89.5 Å². The summed E-state index contributed by atoms with van der Waals surface area (Å²) < 4.78 is 10.5. The van der Waals surface area contributed by atoms with E-state index >= 15 is 0 Å². The largest absolute Gasteiger partial charge is 0.497 e. The van der Waals surface area contributed by atoms with Crippen LogP contribution in [0.5, 0.6) is 11.5 Å². The summed E-state index contributed by atoms with van der Waals surface area (Å²) in [5.74, 6) is 0.571. The zero-order valence-corrected chi connectivity index (χ0v) is 16.1. The number of carbonyl (C=O) groups is 2. The number of carbonyl (C=O) groups excluding carboxylic acids is 2. The molecule has 0 atom stereocenters. The number of amides is 2. The number of nitrogens with zero attached hydrogens (tertiary/aromatic N) is 1. The molecule has 0 fully saturated rings. The van der Waals surface area contributed by atoms with Crippen molar-refractivity contribution in [2.24, 2.45) is 0 Å². The fourth-order valence-corrected chi connectivity index (χ4v) is 2.67. The first kappa shape index (κ1) is 19.9. The van der Waals surface area contributed by atoms with Gasteiger partial charge in [-0.05, 0) is 48.0 Å². The van der Waals surface area contributed by atoms with Crippen LogP contribution in [0.4, 0.5) is 5.69 Å². The molecule has 2 N–H and O–H groups in total. The van der Waals surface area contributed by atoms with Gasteiger partial charge in [0.15, 0.2) is 0 Å². The SMILES string of the molecule is COc1ccc(OC)c(NC(=O)c2ccc(C(=O)NCc3cccnc3)cc2)c1. The molecule has 29 heavy (non-hydrogen) atoms. The normalized spacial score (nSPS) is 10.1. The van der Waals surface area contributed by atoms with Crippen LogP contribution in [0.1, 0.15) is 26.3 Å². The third kappa shape index (κ3) is 5.10. The van der Waals surface area contributed by atoms with E-state index in [0.29, 0.717) is 34.9 Å². The van der Waals surface area contributed by atoms with Crippen molar-refractivity contribution in [3.05, 3.63) is 83.7 Å².